The molecule has 1 aliphatic heterocycles. The van der Waals surface area contributed by atoms with E-state index in [-0.39, 0.29) is 0 Å². The summed E-state index contributed by atoms with van der Waals surface area (Å²) >= 11 is 0. The Labute approximate surface area is 106 Å². The van der Waals surface area contributed by atoms with Crippen molar-refractivity contribution in [3.8, 4) is 0 Å². The first-order valence-corrected chi connectivity index (χ1v) is 6.01. The van der Waals surface area contributed by atoms with Crippen molar-refractivity contribution in [3.05, 3.63) is 46.1 Å². The highest BCUT2D eigenvalue weighted by molar-refractivity contribution is 5.67. The number of hydrogen-bond acceptors (Lipinski definition) is 4. The van der Waals surface area contributed by atoms with E-state index in [2.05, 4.69) is 16.8 Å². The third kappa shape index (κ3) is 3.07. The smallest absolute Gasteiger partial charge is 0.235 e. The molecule has 0 aromatic heterocycles. The Kier molecular flexibility index (Phi) is 3.94. The monoisotopic (exact) mass is 247 g/mol. The lowest BCUT2D eigenvalue weighted by Gasteiger charge is -2.34. The quantitative estimate of drug-likeness (QED) is 0.602. The Bertz CT molecular complexity index is 451. The van der Waals surface area contributed by atoms with Gasteiger partial charge in [-0.1, -0.05) is 18.2 Å². The molecule has 1 saturated heterocycles. The van der Waals surface area contributed by atoms with Crippen molar-refractivity contribution in [2.24, 2.45) is 0 Å². The van der Waals surface area contributed by atoms with E-state index >= 15 is 0 Å². The van der Waals surface area contributed by atoms with Crippen LogP contribution in [0.5, 0.6) is 0 Å². The van der Waals surface area contributed by atoms with E-state index in [4.69, 9.17) is 0 Å². The summed E-state index contributed by atoms with van der Waals surface area (Å²) in [5.41, 5.74) is 1.97. The number of rotatable bonds is 3. The van der Waals surface area contributed by atoms with Gasteiger partial charge < -0.3 is 9.80 Å². The van der Waals surface area contributed by atoms with Gasteiger partial charge in [-0.3, -0.25) is 10.1 Å². The Morgan fingerprint density at radius 3 is 2.56 bits per heavy atom. The number of hydrogen-bond donors (Lipinski definition) is 0. The number of anilines is 1. The molecule has 0 spiro atoms. The minimum absolute atomic E-state index is 0.430. The molecule has 5 nitrogen and oxygen atoms in total. The van der Waals surface area contributed by atoms with Gasteiger partial charge in [-0.05, 0) is 13.1 Å². The molecule has 0 N–H and O–H groups in total. The molecule has 0 radical (unpaired) electrons. The van der Waals surface area contributed by atoms with Gasteiger partial charge in [0.15, 0.2) is 0 Å². The van der Waals surface area contributed by atoms with Gasteiger partial charge in [0, 0.05) is 43.5 Å². The van der Waals surface area contributed by atoms with E-state index in [0.717, 1.165) is 43.6 Å². The number of nitro groups is 1. The van der Waals surface area contributed by atoms with Gasteiger partial charge in [0.1, 0.15) is 0 Å². The summed E-state index contributed by atoms with van der Waals surface area (Å²) in [4.78, 5) is 14.5. The standard InChI is InChI=1S/C13H17N3O2/c1-14-8-10-15(11-9-14)13-5-3-2-4-12(13)6-7-16(17)18/h2-7H,8-11H2,1H3. The molecule has 1 fully saturated rings. The molecule has 0 saturated carbocycles. The van der Waals surface area contributed by atoms with E-state index in [1.54, 1.807) is 6.08 Å². The summed E-state index contributed by atoms with van der Waals surface area (Å²) < 4.78 is 0. The average Bonchev–Trinajstić information content (AvgIpc) is 2.38. The highest BCUT2D eigenvalue weighted by Gasteiger charge is 2.15. The summed E-state index contributed by atoms with van der Waals surface area (Å²) in [6, 6.07) is 7.80. The largest absolute Gasteiger partial charge is 0.368 e. The second-order valence-corrected chi connectivity index (χ2v) is 4.45. The molecule has 0 unspecified atom stereocenters. The molecular weight excluding hydrogens is 230 g/mol. The fourth-order valence-electron chi connectivity index (χ4n) is 2.10. The molecule has 1 aromatic rings. The minimum Gasteiger partial charge on any atom is -0.368 e. The van der Waals surface area contributed by atoms with Crippen LogP contribution in [0.3, 0.4) is 0 Å². The maximum atomic E-state index is 10.4. The molecule has 1 aliphatic rings. The zero-order chi connectivity index (χ0) is 13.0. The fourth-order valence-corrected chi connectivity index (χ4v) is 2.10. The summed E-state index contributed by atoms with van der Waals surface area (Å²) in [6.07, 6.45) is 2.56. The Balaban J connectivity index is 2.19. The molecule has 0 atom stereocenters. The zero-order valence-electron chi connectivity index (χ0n) is 10.5. The van der Waals surface area contributed by atoms with Crippen LogP contribution in [0, 0.1) is 10.1 Å². The molecule has 1 heterocycles. The minimum atomic E-state index is -0.430. The lowest BCUT2D eigenvalue weighted by molar-refractivity contribution is -0.400. The molecule has 0 bridgehead atoms. The van der Waals surface area contributed by atoms with Crippen molar-refractivity contribution in [2.45, 2.75) is 0 Å². The van der Waals surface area contributed by atoms with Crippen LogP contribution in [0.4, 0.5) is 5.69 Å². The zero-order valence-corrected chi connectivity index (χ0v) is 10.5. The van der Waals surface area contributed by atoms with Crippen molar-refractivity contribution < 1.29 is 4.92 Å². The van der Waals surface area contributed by atoms with Gasteiger partial charge in [0.25, 0.3) is 0 Å². The average molecular weight is 247 g/mol. The van der Waals surface area contributed by atoms with E-state index in [0.29, 0.717) is 0 Å². The molecule has 5 heteroatoms. The van der Waals surface area contributed by atoms with Gasteiger partial charge >= 0.3 is 0 Å². The van der Waals surface area contributed by atoms with E-state index in [1.807, 2.05) is 24.3 Å². The lowest BCUT2D eigenvalue weighted by Crippen LogP contribution is -2.44. The number of likely N-dealkylation sites (N-methyl/N-ethyl adjacent to an activating group) is 1. The second-order valence-electron chi connectivity index (χ2n) is 4.45. The van der Waals surface area contributed by atoms with Crippen molar-refractivity contribution in [1.82, 2.24) is 4.90 Å². The van der Waals surface area contributed by atoms with Crippen LogP contribution < -0.4 is 4.90 Å². The summed E-state index contributed by atoms with van der Waals surface area (Å²) in [7, 11) is 2.11. The summed E-state index contributed by atoms with van der Waals surface area (Å²) in [6.45, 7) is 3.96. The van der Waals surface area contributed by atoms with Gasteiger partial charge in [-0.15, -0.1) is 0 Å². The first kappa shape index (κ1) is 12.6. The third-order valence-electron chi connectivity index (χ3n) is 3.16. The predicted molar refractivity (Wildman–Crippen MR) is 72.2 cm³/mol. The van der Waals surface area contributed by atoms with Crippen LogP contribution in [0.2, 0.25) is 0 Å². The van der Waals surface area contributed by atoms with Crippen LogP contribution in [0.15, 0.2) is 30.5 Å². The van der Waals surface area contributed by atoms with Gasteiger partial charge in [-0.2, -0.15) is 0 Å². The number of nitrogens with zero attached hydrogens (tertiary/aromatic N) is 3. The van der Waals surface area contributed by atoms with E-state index < -0.39 is 4.92 Å². The van der Waals surface area contributed by atoms with Crippen molar-refractivity contribution in [2.75, 3.05) is 38.1 Å². The Morgan fingerprint density at radius 1 is 1.22 bits per heavy atom. The topological polar surface area (TPSA) is 49.6 Å². The second kappa shape index (κ2) is 5.64. The van der Waals surface area contributed by atoms with Gasteiger partial charge in [-0.25, -0.2) is 0 Å². The first-order valence-electron chi connectivity index (χ1n) is 6.01. The molecule has 2 rings (SSSR count). The highest BCUT2D eigenvalue weighted by atomic mass is 16.6. The van der Waals surface area contributed by atoms with Crippen molar-refractivity contribution >= 4 is 11.8 Å². The van der Waals surface area contributed by atoms with Crippen LogP contribution in [0.25, 0.3) is 6.08 Å². The molecular formula is C13H17N3O2. The number of para-hydroxylation sites is 1. The van der Waals surface area contributed by atoms with Crippen LogP contribution in [-0.4, -0.2) is 43.0 Å². The maximum Gasteiger partial charge on any atom is 0.235 e. The third-order valence-corrected chi connectivity index (χ3v) is 3.16. The normalized spacial score (nSPS) is 17.3. The van der Waals surface area contributed by atoms with Crippen LogP contribution >= 0.6 is 0 Å². The lowest BCUT2D eigenvalue weighted by atomic mass is 10.1. The van der Waals surface area contributed by atoms with Gasteiger partial charge in [0.2, 0.25) is 6.20 Å². The molecule has 0 amide bonds. The fraction of sp³-hybridized carbons (Fsp3) is 0.385. The maximum absolute atomic E-state index is 10.4. The first-order chi connectivity index (χ1) is 8.66. The number of piperazine rings is 1. The molecule has 18 heavy (non-hydrogen) atoms. The van der Waals surface area contributed by atoms with Crippen LogP contribution in [0.1, 0.15) is 5.56 Å². The highest BCUT2D eigenvalue weighted by Crippen LogP contribution is 2.22. The molecule has 0 aliphatic carbocycles. The van der Waals surface area contributed by atoms with Crippen molar-refractivity contribution in [1.29, 1.82) is 0 Å². The molecule has 96 valence electrons. The summed E-state index contributed by atoms with van der Waals surface area (Å²) in [5.74, 6) is 0. The Morgan fingerprint density at radius 2 is 1.89 bits per heavy atom. The van der Waals surface area contributed by atoms with E-state index in [1.165, 1.54) is 0 Å². The predicted octanol–water partition coefficient (Wildman–Crippen LogP) is 1.69. The van der Waals surface area contributed by atoms with Gasteiger partial charge in [0.05, 0.1) is 4.92 Å². The molecule has 1 aromatic carbocycles. The summed E-state index contributed by atoms with van der Waals surface area (Å²) in [5, 5.41) is 10.4. The van der Waals surface area contributed by atoms with Crippen molar-refractivity contribution in [3.63, 3.8) is 0 Å². The number of benzene rings is 1. The Hall–Kier alpha value is -1.88. The SMILES string of the molecule is CN1CCN(c2ccccc2C=C[N+](=O)[O-])CC1. The van der Waals surface area contributed by atoms with Crippen LogP contribution in [-0.2, 0) is 0 Å². The van der Waals surface area contributed by atoms with E-state index in [9.17, 15) is 10.1 Å².